The first kappa shape index (κ1) is 9.39. The zero-order valence-electron chi connectivity index (χ0n) is 9.08. The normalized spacial score (nSPS) is 17.3. The van der Waals surface area contributed by atoms with Gasteiger partial charge in [-0.15, -0.1) is 0 Å². The molecule has 1 aromatic heterocycles. The lowest BCUT2D eigenvalue weighted by Crippen LogP contribution is -2.33. The third-order valence-electron chi connectivity index (χ3n) is 3.01. The Kier molecular flexibility index (Phi) is 1.80. The van der Waals surface area contributed by atoms with Crippen LogP contribution in [0.5, 0.6) is 0 Å². The molecule has 0 spiro atoms. The number of amides is 1. The van der Waals surface area contributed by atoms with Gasteiger partial charge < -0.3 is 10.3 Å². The number of nitrogens with zero attached hydrogens (tertiary/aromatic N) is 1. The van der Waals surface area contributed by atoms with Crippen LogP contribution in [-0.4, -0.2) is 15.9 Å². The first-order valence-corrected chi connectivity index (χ1v) is 5.44. The van der Waals surface area contributed by atoms with E-state index in [0.29, 0.717) is 0 Å². The van der Waals surface area contributed by atoms with Gasteiger partial charge in [-0.3, -0.25) is 4.79 Å². The maximum atomic E-state index is 11.1. The van der Waals surface area contributed by atoms with Crippen molar-refractivity contribution in [3.63, 3.8) is 0 Å². The highest BCUT2D eigenvalue weighted by Crippen LogP contribution is 2.44. The van der Waals surface area contributed by atoms with Crippen molar-refractivity contribution < 1.29 is 4.79 Å². The van der Waals surface area contributed by atoms with Crippen LogP contribution in [0.25, 0.3) is 11.0 Å². The molecule has 4 heteroatoms. The van der Waals surface area contributed by atoms with E-state index in [1.165, 1.54) is 0 Å². The average molecular weight is 215 g/mol. The van der Waals surface area contributed by atoms with Gasteiger partial charge in [0.05, 0.1) is 16.6 Å². The molecule has 1 amide bonds. The fourth-order valence-corrected chi connectivity index (χ4v) is 2.06. The lowest BCUT2D eigenvalue weighted by atomic mass is 10.2. The molecule has 1 aliphatic carbocycles. The summed E-state index contributed by atoms with van der Waals surface area (Å²) in [5.41, 5.74) is 1.74. The number of H-pyrrole nitrogens is 1. The molecule has 1 aromatic carbocycles. The Balaban J connectivity index is 2.03. The maximum absolute atomic E-state index is 11.1. The molecule has 16 heavy (non-hydrogen) atoms. The number of rotatable bonds is 2. The zero-order chi connectivity index (χ0) is 11.2. The Morgan fingerprint density at radius 2 is 2.19 bits per heavy atom. The molecule has 1 saturated carbocycles. The molecule has 1 heterocycles. The number of hydrogen-bond acceptors (Lipinski definition) is 2. The largest absolute Gasteiger partial charge is 0.344 e. The number of nitrogens with one attached hydrogen (secondary N) is 2. The van der Waals surface area contributed by atoms with Crippen LogP contribution >= 0.6 is 0 Å². The lowest BCUT2D eigenvalue weighted by molar-refractivity contribution is -0.120. The summed E-state index contributed by atoms with van der Waals surface area (Å²) in [6.07, 6.45) is 1.93. The molecule has 4 nitrogen and oxygen atoms in total. The van der Waals surface area contributed by atoms with Crippen molar-refractivity contribution in [2.24, 2.45) is 0 Å². The van der Waals surface area contributed by atoms with Crippen LogP contribution in [0.3, 0.4) is 0 Å². The zero-order valence-corrected chi connectivity index (χ0v) is 9.08. The molecule has 0 saturated heterocycles. The minimum absolute atomic E-state index is 0.00189. The Morgan fingerprint density at radius 3 is 2.81 bits per heavy atom. The van der Waals surface area contributed by atoms with Gasteiger partial charge in [-0.25, -0.2) is 4.98 Å². The van der Waals surface area contributed by atoms with Crippen molar-refractivity contribution >= 4 is 16.9 Å². The number of fused-ring (bicyclic) bond motifs is 1. The van der Waals surface area contributed by atoms with Crippen molar-refractivity contribution in [1.82, 2.24) is 15.3 Å². The summed E-state index contributed by atoms with van der Waals surface area (Å²) >= 11 is 0. The molecule has 3 rings (SSSR count). The van der Waals surface area contributed by atoms with E-state index in [0.717, 1.165) is 29.7 Å². The number of aromatic nitrogens is 2. The van der Waals surface area contributed by atoms with Crippen molar-refractivity contribution in [3.05, 3.63) is 30.1 Å². The van der Waals surface area contributed by atoms with E-state index in [2.05, 4.69) is 15.3 Å². The van der Waals surface area contributed by atoms with Gasteiger partial charge in [0, 0.05) is 6.92 Å². The molecule has 0 aliphatic heterocycles. The second kappa shape index (κ2) is 3.07. The third kappa shape index (κ3) is 1.38. The highest BCUT2D eigenvalue weighted by Gasteiger charge is 2.47. The van der Waals surface area contributed by atoms with Crippen LogP contribution in [0.1, 0.15) is 25.6 Å². The van der Waals surface area contributed by atoms with E-state index in [4.69, 9.17) is 0 Å². The number of para-hydroxylation sites is 2. The number of benzene rings is 1. The summed E-state index contributed by atoms with van der Waals surface area (Å²) in [5, 5.41) is 2.97. The van der Waals surface area contributed by atoms with E-state index < -0.39 is 0 Å². The van der Waals surface area contributed by atoms with Crippen molar-refractivity contribution in [1.29, 1.82) is 0 Å². The second-order valence-electron chi connectivity index (χ2n) is 4.37. The Labute approximate surface area is 93.1 Å². The maximum Gasteiger partial charge on any atom is 0.217 e. The monoisotopic (exact) mass is 215 g/mol. The molecule has 0 atom stereocenters. The Morgan fingerprint density at radius 1 is 1.44 bits per heavy atom. The highest BCUT2D eigenvalue weighted by atomic mass is 16.1. The molecule has 2 aromatic rings. The molecule has 0 bridgehead atoms. The number of carbonyl (C=O) groups excluding carboxylic acids is 1. The highest BCUT2D eigenvalue weighted by molar-refractivity contribution is 5.77. The predicted octanol–water partition coefficient (Wildman–Crippen LogP) is 1.69. The van der Waals surface area contributed by atoms with E-state index in [1.54, 1.807) is 6.92 Å². The molecule has 0 radical (unpaired) electrons. The fraction of sp³-hybridized carbons (Fsp3) is 0.333. The summed E-state index contributed by atoms with van der Waals surface area (Å²) < 4.78 is 0. The molecule has 0 unspecified atom stereocenters. The third-order valence-corrected chi connectivity index (χ3v) is 3.01. The fourth-order valence-electron chi connectivity index (χ4n) is 2.06. The van der Waals surface area contributed by atoms with Gasteiger partial charge in [0.2, 0.25) is 5.91 Å². The van der Waals surface area contributed by atoms with Gasteiger partial charge in [-0.1, -0.05) is 12.1 Å². The van der Waals surface area contributed by atoms with E-state index in [1.807, 2.05) is 24.3 Å². The quantitative estimate of drug-likeness (QED) is 0.800. The van der Waals surface area contributed by atoms with E-state index in [9.17, 15) is 4.79 Å². The molecular formula is C12H13N3O. The minimum Gasteiger partial charge on any atom is -0.344 e. The number of aromatic amines is 1. The summed E-state index contributed by atoms with van der Waals surface area (Å²) in [6.45, 7) is 1.54. The van der Waals surface area contributed by atoms with Crippen LogP contribution in [0.4, 0.5) is 0 Å². The van der Waals surface area contributed by atoms with Crippen LogP contribution in [0.15, 0.2) is 24.3 Å². The topological polar surface area (TPSA) is 57.8 Å². The van der Waals surface area contributed by atoms with Gasteiger partial charge in [0.25, 0.3) is 0 Å². The first-order chi connectivity index (χ1) is 7.70. The predicted molar refractivity (Wildman–Crippen MR) is 60.8 cm³/mol. The van der Waals surface area contributed by atoms with Crippen LogP contribution in [-0.2, 0) is 10.3 Å². The van der Waals surface area contributed by atoms with Gasteiger partial charge >= 0.3 is 0 Å². The summed E-state index contributed by atoms with van der Waals surface area (Å²) in [4.78, 5) is 18.9. The molecular weight excluding hydrogens is 202 g/mol. The van der Waals surface area contributed by atoms with E-state index >= 15 is 0 Å². The summed E-state index contributed by atoms with van der Waals surface area (Å²) in [5.74, 6) is 0.877. The lowest BCUT2D eigenvalue weighted by Gasteiger charge is -2.12. The number of carbonyl (C=O) groups is 1. The molecule has 2 N–H and O–H groups in total. The Hall–Kier alpha value is -1.84. The van der Waals surface area contributed by atoms with Crippen LogP contribution < -0.4 is 5.32 Å². The minimum atomic E-state index is -0.231. The second-order valence-corrected chi connectivity index (χ2v) is 4.37. The van der Waals surface area contributed by atoms with Crippen molar-refractivity contribution in [2.45, 2.75) is 25.3 Å². The summed E-state index contributed by atoms with van der Waals surface area (Å²) in [7, 11) is 0. The van der Waals surface area contributed by atoms with Crippen molar-refractivity contribution in [3.8, 4) is 0 Å². The van der Waals surface area contributed by atoms with Gasteiger partial charge in [-0.2, -0.15) is 0 Å². The van der Waals surface area contributed by atoms with Crippen molar-refractivity contribution in [2.75, 3.05) is 0 Å². The van der Waals surface area contributed by atoms with Crippen LogP contribution in [0, 0.1) is 0 Å². The molecule has 1 aliphatic rings. The average Bonchev–Trinajstić information content (AvgIpc) is 2.89. The number of hydrogen-bond donors (Lipinski definition) is 2. The smallest absolute Gasteiger partial charge is 0.217 e. The summed E-state index contributed by atoms with van der Waals surface area (Å²) in [6, 6.07) is 7.90. The SMILES string of the molecule is CC(=O)NC1(c2nc3ccccc3[nH]2)CC1. The van der Waals surface area contributed by atoms with Crippen LogP contribution in [0.2, 0.25) is 0 Å². The van der Waals surface area contributed by atoms with E-state index in [-0.39, 0.29) is 11.4 Å². The van der Waals surface area contributed by atoms with Gasteiger partial charge in [0.1, 0.15) is 5.82 Å². The standard InChI is InChI=1S/C12H13N3O/c1-8(16)15-12(6-7-12)11-13-9-4-2-3-5-10(9)14-11/h2-5H,6-7H2,1H3,(H,13,14)(H,15,16). The van der Waals surface area contributed by atoms with Gasteiger partial charge in [-0.05, 0) is 25.0 Å². The Bertz CT molecular complexity index is 521. The first-order valence-electron chi connectivity index (χ1n) is 5.44. The van der Waals surface area contributed by atoms with Gasteiger partial charge in [0.15, 0.2) is 0 Å². The molecule has 1 fully saturated rings. The number of imidazole rings is 1. The molecule has 82 valence electrons.